The Hall–Kier alpha value is -1.43. The van der Waals surface area contributed by atoms with Gasteiger partial charge in [0, 0.05) is 26.7 Å². The van der Waals surface area contributed by atoms with Crippen LogP contribution in [0.4, 0.5) is 0 Å². The maximum Gasteiger partial charge on any atom is 0.240 e. The van der Waals surface area contributed by atoms with Crippen molar-refractivity contribution < 1.29 is 14.3 Å². The maximum absolute atomic E-state index is 12.9. The van der Waals surface area contributed by atoms with Gasteiger partial charge >= 0.3 is 0 Å². The lowest BCUT2D eigenvalue weighted by molar-refractivity contribution is -0.142. The number of amides is 1. The number of rotatable bonds is 5. The van der Waals surface area contributed by atoms with E-state index >= 15 is 0 Å². The summed E-state index contributed by atoms with van der Waals surface area (Å²) in [5.41, 5.74) is 2.44. The molecule has 2 aliphatic heterocycles. The molecule has 132 valence electrons. The summed E-state index contributed by atoms with van der Waals surface area (Å²) >= 11 is 0. The van der Waals surface area contributed by atoms with Gasteiger partial charge in [0.15, 0.2) is 0 Å². The molecule has 1 amide bonds. The molecule has 0 bridgehead atoms. The maximum atomic E-state index is 12.9. The van der Waals surface area contributed by atoms with Crippen LogP contribution in [0.1, 0.15) is 30.4 Å². The second-order valence-electron chi connectivity index (χ2n) is 6.67. The standard InChI is InChI=1S/C19H28N2O3/c1-23-15-17-6-4-5-16(13-17)14-21-8-3-2-7-18(21)19(22)20-9-11-24-12-10-20/h4-6,13,18H,2-3,7-12,14-15H2,1H3. The minimum absolute atomic E-state index is 0.0166. The van der Waals surface area contributed by atoms with Gasteiger partial charge in [-0.15, -0.1) is 0 Å². The Bertz CT molecular complexity index is 543. The molecular formula is C19H28N2O3. The van der Waals surface area contributed by atoms with Crippen molar-refractivity contribution in [1.82, 2.24) is 9.80 Å². The van der Waals surface area contributed by atoms with Gasteiger partial charge in [0.05, 0.1) is 25.9 Å². The first kappa shape index (κ1) is 17.4. The van der Waals surface area contributed by atoms with Crippen LogP contribution in [-0.2, 0) is 27.4 Å². The Labute approximate surface area is 144 Å². The van der Waals surface area contributed by atoms with Crippen molar-refractivity contribution in [2.24, 2.45) is 0 Å². The molecule has 2 aliphatic rings. The van der Waals surface area contributed by atoms with Gasteiger partial charge in [0.25, 0.3) is 0 Å². The van der Waals surface area contributed by atoms with E-state index in [0.29, 0.717) is 19.8 Å². The number of hydrogen-bond acceptors (Lipinski definition) is 4. The van der Waals surface area contributed by atoms with Crippen molar-refractivity contribution >= 4 is 5.91 Å². The third kappa shape index (κ3) is 4.35. The SMILES string of the molecule is COCc1cccc(CN2CCCCC2C(=O)N2CCOCC2)c1. The molecule has 3 rings (SSSR count). The minimum atomic E-state index is 0.0166. The summed E-state index contributed by atoms with van der Waals surface area (Å²) in [5.74, 6) is 0.283. The molecule has 5 nitrogen and oxygen atoms in total. The number of likely N-dealkylation sites (tertiary alicyclic amines) is 1. The quantitative estimate of drug-likeness (QED) is 0.828. The third-order valence-corrected chi connectivity index (χ3v) is 4.91. The second kappa shape index (κ2) is 8.60. The van der Waals surface area contributed by atoms with Gasteiger partial charge in [0.1, 0.15) is 0 Å². The van der Waals surface area contributed by atoms with Crippen molar-refractivity contribution in [3.05, 3.63) is 35.4 Å². The van der Waals surface area contributed by atoms with E-state index in [4.69, 9.17) is 9.47 Å². The lowest BCUT2D eigenvalue weighted by Crippen LogP contribution is -2.53. The third-order valence-electron chi connectivity index (χ3n) is 4.91. The monoisotopic (exact) mass is 332 g/mol. The van der Waals surface area contributed by atoms with Crippen molar-refractivity contribution in [1.29, 1.82) is 0 Å². The first-order valence-electron chi connectivity index (χ1n) is 8.95. The Morgan fingerprint density at radius 1 is 1.21 bits per heavy atom. The Kier molecular flexibility index (Phi) is 6.24. The minimum Gasteiger partial charge on any atom is -0.380 e. The molecule has 0 aromatic heterocycles. The van der Waals surface area contributed by atoms with Crippen LogP contribution >= 0.6 is 0 Å². The molecule has 2 fully saturated rings. The van der Waals surface area contributed by atoms with E-state index in [1.807, 2.05) is 4.90 Å². The van der Waals surface area contributed by atoms with Crippen LogP contribution in [-0.4, -0.2) is 61.7 Å². The van der Waals surface area contributed by atoms with Crippen molar-refractivity contribution in [2.75, 3.05) is 40.0 Å². The van der Waals surface area contributed by atoms with Crippen LogP contribution in [0.15, 0.2) is 24.3 Å². The van der Waals surface area contributed by atoms with E-state index in [9.17, 15) is 4.79 Å². The first-order chi connectivity index (χ1) is 11.8. The van der Waals surface area contributed by atoms with Crippen molar-refractivity contribution in [3.63, 3.8) is 0 Å². The fourth-order valence-corrected chi connectivity index (χ4v) is 3.67. The second-order valence-corrected chi connectivity index (χ2v) is 6.67. The first-order valence-corrected chi connectivity index (χ1v) is 8.95. The fraction of sp³-hybridized carbons (Fsp3) is 0.632. The van der Waals surface area contributed by atoms with Gasteiger partial charge < -0.3 is 14.4 Å². The van der Waals surface area contributed by atoms with Gasteiger partial charge in [-0.1, -0.05) is 30.7 Å². The fourth-order valence-electron chi connectivity index (χ4n) is 3.67. The summed E-state index contributed by atoms with van der Waals surface area (Å²) in [6.07, 6.45) is 3.28. The number of carbonyl (C=O) groups excluding carboxylic acids is 1. The van der Waals surface area contributed by atoms with Crippen LogP contribution in [0.3, 0.4) is 0 Å². The summed E-state index contributed by atoms with van der Waals surface area (Å²) in [5, 5.41) is 0. The summed E-state index contributed by atoms with van der Waals surface area (Å²) in [6.45, 7) is 5.24. The van der Waals surface area contributed by atoms with E-state index in [2.05, 4.69) is 29.2 Å². The van der Waals surface area contributed by atoms with Crippen LogP contribution in [0.25, 0.3) is 0 Å². The molecule has 1 atom stereocenters. The molecule has 2 saturated heterocycles. The molecule has 0 aliphatic carbocycles. The molecule has 5 heteroatoms. The van der Waals surface area contributed by atoms with E-state index in [-0.39, 0.29) is 11.9 Å². The van der Waals surface area contributed by atoms with E-state index < -0.39 is 0 Å². The van der Waals surface area contributed by atoms with Gasteiger partial charge in [0.2, 0.25) is 5.91 Å². The van der Waals surface area contributed by atoms with Gasteiger partial charge in [-0.2, -0.15) is 0 Å². The van der Waals surface area contributed by atoms with Crippen molar-refractivity contribution in [3.8, 4) is 0 Å². The van der Waals surface area contributed by atoms with Crippen LogP contribution < -0.4 is 0 Å². The average Bonchev–Trinajstić information content (AvgIpc) is 2.63. The topological polar surface area (TPSA) is 42.0 Å². The smallest absolute Gasteiger partial charge is 0.240 e. The highest BCUT2D eigenvalue weighted by molar-refractivity contribution is 5.82. The summed E-state index contributed by atoms with van der Waals surface area (Å²) in [6, 6.07) is 8.51. The van der Waals surface area contributed by atoms with E-state index in [0.717, 1.165) is 39.0 Å². The average molecular weight is 332 g/mol. The number of nitrogens with zero attached hydrogens (tertiary/aromatic N) is 2. The van der Waals surface area contributed by atoms with Crippen molar-refractivity contribution in [2.45, 2.75) is 38.5 Å². The highest BCUT2D eigenvalue weighted by Crippen LogP contribution is 2.22. The Morgan fingerprint density at radius 3 is 2.79 bits per heavy atom. The van der Waals surface area contributed by atoms with Gasteiger partial charge in [-0.05, 0) is 30.5 Å². The molecule has 0 N–H and O–H groups in total. The van der Waals surface area contributed by atoms with E-state index in [1.54, 1.807) is 7.11 Å². The number of morpholine rings is 1. The molecule has 1 aromatic rings. The highest BCUT2D eigenvalue weighted by Gasteiger charge is 2.32. The highest BCUT2D eigenvalue weighted by atomic mass is 16.5. The largest absolute Gasteiger partial charge is 0.380 e. The zero-order valence-electron chi connectivity index (χ0n) is 14.6. The Morgan fingerprint density at radius 2 is 2.00 bits per heavy atom. The molecular weight excluding hydrogens is 304 g/mol. The predicted molar refractivity (Wildman–Crippen MR) is 92.6 cm³/mol. The molecule has 0 spiro atoms. The number of ether oxygens (including phenoxy) is 2. The summed E-state index contributed by atoms with van der Waals surface area (Å²) in [4.78, 5) is 17.3. The summed E-state index contributed by atoms with van der Waals surface area (Å²) < 4.78 is 10.6. The zero-order valence-corrected chi connectivity index (χ0v) is 14.6. The molecule has 0 saturated carbocycles. The number of piperidine rings is 1. The van der Waals surface area contributed by atoms with Gasteiger partial charge in [-0.25, -0.2) is 0 Å². The predicted octanol–water partition coefficient (Wildman–Crippen LogP) is 2.05. The zero-order chi connectivity index (χ0) is 16.8. The molecule has 1 unspecified atom stereocenters. The number of benzene rings is 1. The summed E-state index contributed by atoms with van der Waals surface area (Å²) in [7, 11) is 1.72. The molecule has 2 heterocycles. The normalized spacial score (nSPS) is 22.5. The molecule has 24 heavy (non-hydrogen) atoms. The number of hydrogen-bond donors (Lipinski definition) is 0. The van der Waals surface area contributed by atoms with Crippen LogP contribution in [0.5, 0.6) is 0 Å². The number of methoxy groups -OCH3 is 1. The number of carbonyl (C=O) groups is 1. The molecule has 1 aromatic carbocycles. The van der Waals surface area contributed by atoms with E-state index in [1.165, 1.54) is 17.5 Å². The Balaban J connectivity index is 1.67. The van der Waals surface area contributed by atoms with Gasteiger partial charge in [-0.3, -0.25) is 9.69 Å². The van der Waals surface area contributed by atoms with Crippen LogP contribution in [0, 0.1) is 0 Å². The lowest BCUT2D eigenvalue weighted by atomic mass is 9.99. The molecule has 0 radical (unpaired) electrons. The lowest BCUT2D eigenvalue weighted by Gasteiger charge is -2.38. The van der Waals surface area contributed by atoms with Crippen LogP contribution in [0.2, 0.25) is 0 Å².